The van der Waals surface area contributed by atoms with Crippen molar-refractivity contribution in [3.05, 3.63) is 6.33 Å². The number of likely N-dealkylation sites (N-methyl/N-ethyl adjacent to an activating group) is 1. The lowest BCUT2D eigenvalue weighted by molar-refractivity contribution is -0.131. The molecular weight excluding hydrogens is 222 g/mol. The van der Waals surface area contributed by atoms with Crippen LogP contribution in [0.15, 0.2) is 6.33 Å². The topological polar surface area (TPSA) is 86.3 Å². The Hall–Kier alpha value is -1.63. The first-order valence-corrected chi connectivity index (χ1v) is 5.49. The molecular formula is C10H19N5O2. The smallest absolute Gasteiger partial charge is 0.244 e. The third-order valence-electron chi connectivity index (χ3n) is 2.16. The second-order valence-electron chi connectivity index (χ2n) is 4.04. The summed E-state index contributed by atoms with van der Waals surface area (Å²) >= 11 is 0. The zero-order valence-electron chi connectivity index (χ0n) is 10.5. The lowest BCUT2D eigenvalue weighted by Crippen LogP contribution is -2.33. The minimum Gasteiger partial charge on any atom is -0.377 e. The predicted octanol–water partition coefficient (Wildman–Crippen LogP) is -0.256. The molecule has 1 aromatic heterocycles. The largest absolute Gasteiger partial charge is 0.377 e. The van der Waals surface area contributed by atoms with Gasteiger partial charge >= 0.3 is 0 Å². The number of amides is 1. The van der Waals surface area contributed by atoms with E-state index in [2.05, 4.69) is 10.1 Å². The van der Waals surface area contributed by atoms with Gasteiger partial charge in [-0.1, -0.05) is 0 Å². The van der Waals surface area contributed by atoms with Crippen LogP contribution in [0.1, 0.15) is 13.8 Å². The molecule has 7 heteroatoms. The maximum absolute atomic E-state index is 11.7. The Bertz CT molecular complexity index is 363. The number of carbonyl (C=O) groups excluding carboxylic acids is 1. The summed E-state index contributed by atoms with van der Waals surface area (Å²) in [7, 11) is 1.73. The van der Waals surface area contributed by atoms with Crippen molar-refractivity contribution in [2.24, 2.45) is 0 Å². The first kappa shape index (κ1) is 13.4. The Morgan fingerprint density at radius 1 is 1.65 bits per heavy atom. The van der Waals surface area contributed by atoms with Crippen LogP contribution in [0.5, 0.6) is 0 Å². The third kappa shape index (κ3) is 4.81. The number of nitrogens with two attached hydrogens (primary N) is 1. The normalized spacial score (nSPS) is 10.8. The zero-order valence-corrected chi connectivity index (χ0v) is 10.5. The van der Waals surface area contributed by atoms with Gasteiger partial charge in [0.2, 0.25) is 11.9 Å². The van der Waals surface area contributed by atoms with Crippen LogP contribution < -0.4 is 5.73 Å². The quantitative estimate of drug-likeness (QED) is 0.741. The molecule has 1 aromatic rings. The molecule has 0 unspecified atom stereocenters. The van der Waals surface area contributed by atoms with Gasteiger partial charge in [-0.2, -0.15) is 0 Å². The van der Waals surface area contributed by atoms with Crippen LogP contribution in [0, 0.1) is 0 Å². The highest BCUT2D eigenvalue weighted by Gasteiger charge is 2.10. The summed E-state index contributed by atoms with van der Waals surface area (Å²) in [5.41, 5.74) is 5.36. The second-order valence-corrected chi connectivity index (χ2v) is 4.04. The molecule has 0 bridgehead atoms. The van der Waals surface area contributed by atoms with Crippen LogP contribution in [0.2, 0.25) is 0 Å². The van der Waals surface area contributed by atoms with E-state index >= 15 is 0 Å². The molecule has 0 atom stereocenters. The van der Waals surface area contributed by atoms with Gasteiger partial charge in [0.05, 0.1) is 12.7 Å². The first-order valence-electron chi connectivity index (χ1n) is 5.49. The van der Waals surface area contributed by atoms with Crippen LogP contribution in [0.4, 0.5) is 5.95 Å². The fraction of sp³-hybridized carbons (Fsp3) is 0.700. The third-order valence-corrected chi connectivity index (χ3v) is 2.16. The van der Waals surface area contributed by atoms with E-state index in [9.17, 15) is 4.79 Å². The molecule has 0 saturated heterocycles. The number of nitrogen functional groups attached to an aromatic ring is 1. The standard InChI is InChI=1S/C10H19N5O2/c1-8(2)17-5-4-14(3)9(16)6-15-7-12-10(11)13-15/h7-8H,4-6H2,1-3H3,(H2,11,13). The number of nitrogens with zero attached hydrogens (tertiary/aromatic N) is 4. The Kier molecular flexibility index (Phi) is 4.89. The SMILES string of the molecule is CC(C)OCCN(C)C(=O)Cn1cnc(N)n1. The molecule has 0 aliphatic rings. The molecule has 17 heavy (non-hydrogen) atoms. The Balaban J connectivity index is 2.32. The van der Waals surface area contributed by atoms with Crippen molar-refractivity contribution in [3.8, 4) is 0 Å². The van der Waals surface area contributed by atoms with E-state index in [0.717, 1.165) is 0 Å². The van der Waals surface area contributed by atoms with Crippen molar-refractivity contribution >= 4 is 11.9 Å². The summed E-state index contributed by atoms with van der Waals surface area (Å²) in [6.45, 7) is 5.14. The molecule has 0 saturated carbocycles. The molecule has 0 spiro atoms. The highest BCUT2D eigenvalue weighted by molar-refractivity contribution is 5.75. The van der Waals surface area contributed by atoms with Gasteiger partial charge in [-0.05, 0) is 13.8 Å². The van der Waals surface area contributed by atoms with Crippen molar-refractivity contribution in [2.75, 3.05) is 25.9 Å². The van der Waals surface area contributed by atoms with Gasteiger partial charge in [0.1, 0.15) is 12.9 Å². The van der Waals surface area contributed by atoms with E-state index in [1.807, 2.05) is 13.8 Å². The molecule has 0 aliphatic carbocycles. The second kappa shape index (κ2) is 6.19. The summed E-state index contributed by atoms with van der Waals surface area (Å²) in [6.07, 6.45) is 1.61. The minimum absolute atomic E-state index is 0.0535. The molecule has 0 aromatic carbocycles. The molecule has 2 N–H and O–H groups in total. The number of carbonyl (C=O) groups is 1. The van der Waals surface area contributed by atoms with Crippen LogP contribution in [-0.2, 0) is 16.1 Å². The number of hydrogen-bond acceptors (Lipinski definition) is 5. The van der Waals surface area contributed by atoms with Gasteiger partial charge < -0.3 is 15.4 Å². The number of aromatic nitrogens is 3. The summed E-state index contributed by atoms with van der Waals surface area (Å²) in [6, 6.07) is 0. The molecule has 0 fully saturated rings. The molecule has 1 rings (SSSR count). The van der Waals surface area contributed by atoms with Gasteiger partial charge in [0.15, 0.2) is 0 Å². The van der Waals surface area contributed by atoms with Crippen molar-refractivity contribution in [1.82, 2.24) is 19.7 Å². The minimum atomic E-state index is -0.0535. The van der Waals surface area contributed by atoms with E-state index in [1.165, 1.54) is 11.0 Å². The van der Waals surface area contributed by atoms with E-state index in [-0.39, 0.29) is 24.5 Å². The lowest BCUT2D eigenvalue weighted by Gasteiger charge is -2.17. The Morgan fingerprint density at radius 3 is 2.88 bits per heavy atom. The van der Waals surface area contributed by atoms with E-state index in [0.29, 0.717) is 13.2 Å². The Morgan fingerprint density at radius 2 is 2.35 bits per heavy atom. The van der Waals surface area contributed by atoms with Crippen LogP contribution in [-0.4, -0.2) is 51.9 Å². The maximum Gasteiger partial charge on any atom is 0.244 e. The molecule has 1 heterocycles. The highest BCUT2D eigenvalue weighted by atomic mass is 16.5. The van der Waals surface area contributed by atoms with E-state index in [1.54, 1.807) is 11.9 Å². The number of ether oxygens (including phenoxy) is 1. The summed E-state index contributed by atoms with van der Waals surface area (Å²) in [4.78, 5) is 17.1. The van der Waals surface area contributed by atoms with E-state index < -0.39 is 0 Å². The van der Waals surface area contributed by atoms with E-state index in [4.69, 9.17) is 10.5 Å². The highest BCUT2D eigenvalue weighted by Crippen LogP contribution is 1.94. The van der Waals surface area contributed by atoms with Gasteiger partial charge in [0, 0.05) is 13.6 Å². The van der Waals surface area contributed by atoms with Crippen molar-refractivity contribution < 1.29 is 9.53 Å². The van der Waals surface area contributed by atoms with Gasteiger partial charge in [-0.15, -0.1) is 5.10 Å². The summed E-state index contributed by atoms with van der Waals surface area (Å²) in [5.74, 6) is 0.117. The monoisotopic (exact) mass is 241 g/mol. The van der Waals surface area contributed by atoms with Crippen molar-refractivity contribution in [1.29, 1.82) is 0 Å². The summed E-state index contributed by atoms with van der Waals surface area (Å²) < 4.78 is 6.78. The number of anilines is 1. The first-order chi connectivity index (χ1) is 7.99. The molecule has 1 amide bonds. The average molecular weight is 241 g/mol. The summed E-state index contributed by atoms with van der Waals surface area (Å²) in [5, 5.41) is 3.85. The van der Waals surface area contributed by atoms with Crippen LogP contribution >= 0.6 is 0 Å². The molecule has 7 nitrogen and oxygen atoms in total. The van der Waals surface area contributed by atoms with Crippen LogP contribution in [0.25, 0.3) is 0 Å². The predicted molar refractivity (Wildman–Crippen MR) is 63.2 cm³/mol. The van der Waals surface area contributed by atoms with Gasteiger partial charge in [0.25, 0.3) is 0 Å². The molecule has 96 valence electrons. The molecule has 0 radical (unpaired) electrons. The zero-order chi connectivity index (χ0) is 12.8. The fourth-order valence-corrected chi connectivity index (χ4v) is 1.19. The average Bonchev–Trinajstić information content (AvgIpc) is 2.63. The Labute approximate surface area is 101 Å². The number of hydrogen-bond donors (Lipinski definition) is 1. The maximum atomic E-state index is 11.7. The van der Waals surface area contributed by atoms with Crippen molar-refractivity contribution in [3.63, 3.8) is 0 Å². The fourth-order valence-electron chi connectivity index (χ4n) is 1.19. The van der Waals surface area contributed by atoms with Crippen LogP contribution in [0.3, 0.4) is 0 Å². The van der Waals surface area contributed by atoms with Gasteiger partial charge in [-0.3, -0.25) is 4.79 Å². The number of rotatable bonds is 6. The van der Waals surface area contributed by atoms with Crippen molar-refractivity contribution in [2.45, 2.75) is 26.5 Å². The molecule has 0 aliphatic heterocycles. The lowest BCUT2D eigenvalue weighted by atomic mass is 10.4. The van der Waals surface area contributed by atoms with Gasteiger partial charge in [-0.25, -0.2) is 9.67 Å².